The lowest BCUT2D eigenvalue weighted by Gasteiger charge is -2.10. The summed E-state index contributed by atoms with van der Waals surface area (Å²) < 4.78 is 1.90. The highest BCUT2D eigenvalue weighted by atomic mass is 16.3. The highest BCUT2D eigenvalue weighted by Gasteiger charge is 2.26. The van der Waals surface area contributed by atoms with Crippen LogP contribution >= 0.6 is 0 Å². The summed E-state index contributed by atoms with van der Waals surface area (Å²) in [5, 5.41) is 12.3. The molecular weight excluding hydrogens is 222 g/mol. The molecule has 0 radical (unpaired) electrons. The summed E-state index contributed by atoms with van der Waals surface area (Å²) in [7, 11) is 0. The van der Waals surface area contributed by atoms with E-state index in [1.165, 1.54) is 6.33 Å². The fourth-order valence-electron chi connectivity index (χ4n) is 2.28. The van der Waals surface area contributed by atoms with E-state index in [2.05, 4.69) is 20.3 Å². The number of aliphatic hydroxyl groups excluding tert-OH is 1. The van der Waals surface area contributed by atoms with Crippen LogP contribution in [0.2, 0.25) is 0 Å². The molecule has 1 aliphatic rings. The molecular formula is C10H13N5O2. The molecule has 2 atom stereocenters. The van der Waals surface area contributed by atoms with E-state index in [0.717, 1.165) is 13.0 Å². The first-order chi connectivity index (χ1) is 8.29. The van der Waals surface area contributed by atoms with E-state index in [0.29, 0.717) is 11.2 Å². The Balaban J connectivity index is 2.02. The molecule has 17 heavy (non-hydrogen) atoms. The lowest BCUT2D eigenvalue weighted by Crippen LogP contribution is -2.24. The second-order valence-electron chi connectivity index (χ2n) is 4.23. The standard InChI is InChI=1S/C10H13N5O2/c16-3-6-1-7(2-11-6)15-5-14-8-9(15)12-4-13-10(8)17/h4-7,11,16H,1-3H2,(H,12,13,17). The molecule has 2 unspecified atom stereocenters. The number of nitrogens with zero attached hydrogens (tertiary/aromatic N) is 3. The van der Waals surface area contributed by atoms with Crippen molar-refractivity contribution in [1.82, 2.24) is 24.8 Å². The van der Waals surface area contributed by atoms with Crippen LogP contribution in [0, 0.1) is 0 Å². The van der Waals surface area contributed by atoms with E-state index in [1.807, 2.05) is 4.57 Å². The lowest BCUT2D eigenvalue weighted by atomic mass is 10.2. The Morgan fingerprint density at radius 1 is 1.53 bits per heavy atom. The maximum absolute atomic E-state index is 11.5. The molecule has 0 amide bonds. The van der Waals surface area contributed by atoms with Crippen LogP contribution in [0.4, 0.5) is 0 Å². The van der Waals surface area contributed by atoms with Gasteiger partial charge in [0.2, 0.25) is 0 Å². The summed E-state index contributed by atoms with van der Waals surface area (Å²) in [5.41, 5.74) is 0.734. The summed E-state index contributed by atoms with van der Waals surface area (Å²) in [4.78, 5) is 22.2. The molecule has 1 aliphatic heterocycles. The minimum absolute atomic E-state index is 0.111. The van der Waals surface area contributed by atoms with Crippen LogP contribution in [-0.2, 0) is 0 Å². The van der Waals surface area contributed by atoms with Crippen molar-refractivity contribution in [2.24, 2.45) is 0 Å². The van der Waals surface area contributed by atoms with Gasteiger partial charge in [-0.1, -0.05) is 0 Å². The van der Waals surface area contributed by atoms with Crippen molar-refractivity contribution >= 4 is 11.2 Å². The number of nitrogens with one attached hydrogen (secondary N) is 2. The van der Waals surface area contributed by atoms with Gasteiger partial charge in [-0.15, -0.1) is 0 Å². The number of H-pyrrole nitrogens is 1. The zero-order valence-electron chi connectivity index (χ0n) is 9.13. The van der Waals surface area contributed by atoms with Gasteiger partial charge in [-0.05, 0) is 6.42 Å². The van der Waals surface area contributed by atoms with E-state index in [4.69, 9.17) is 5.11 Å². The molecule has 90 valence electrons. The molecule has 1 saturated heterocycles. The average molecular weight is 235 g/mol. The highest BCUT2D eigenvalue weighted by Crippen LogP contribution is 2.22. The second kappa shape index (κ2) is 3.94. The number of aliphatic hydroxyl groups is 1. The largest absolute Gasteiger partial charge is 0.395 e. The van der Waals surface area contributed by atoms with Gasteiger partial charge >= 0.3 is 0 Å². The summed E-state index contributed by atoms with van der Waals surface area (Å²) >= 11 is 0. The van der Waals surface area contributed by atoms with Gasteiger partial charge in [-0.3, -0.25) is 4.79 Å². The quantitative estimate of drug-likeness (QED) is 0.621. The van der Waals surface area contributed by atoms with Crippen molar-refractivity contribution in [3.63, 3.8) is 0 Å². The molecule has 0 saturated carbocycles. The van der Waals surface area contributed by atoms with E-state index in [1.54, 1.807) is 6.33 Å². The average Bonchev–Trinajstić information content (AvgIpc) is 2.94. The van der Waals surface area contributed by atoms with E-state index >= 15 is 0 Å². The van der Waals surface area contributed by atoms with Crippen LogP contribution in [0.1, 0.15) is 12.5 Å². The molecule has 2 aromatic heterocycles. The predicted molar refractivity (Wildman–Crippen MR) is 60.7 cm³/mol. The molecule has 3 rings (SSSR count). The molecule has 2 aromatic rings. The van der Waals surface area contributed by atoms with E-state index in [9.17, 15) is 4.79 Å². The smallest absolute Gasteiger partial charge is 0.278 e. The summed E-state index contributed by atoms with van der Waals surface area (Å²) in [6.07, 6.45) is 3.84. The molecule has 1 fully saturated rings. The summed E-state index contributed by atoms with van der Waals surface area (Å²) in [5.74, 6) is 0. The monoisotopic (exact) mass is 235 g/mol. The van der Waals surface area contributed by atoms with E-state index < -0.39 is 0 Å². The first-order valence-electron chi connectivity index (χ1n) is 5.54. The zero-order valence-corrected chi connectivity index (χ0v) is 9.13. The minimum atomic E-state index is -0.224. The Morgan fingerprint density at radius 2 is 2.41 bits per heavy atom. The van der Waals surface area contributed by atoms with Crippen molar-refractivity contribution in [3.8, 4) is 0 Å². The Bertz CT molecular complexity index is 590. The van der Waals surface area contributed by atoms with Gasteiger partial charge in [0.25, 0.3) is 5.56 Å². The first kappa shape index (κ1) is 10.4. The highest BCUT2D eigenvalue weighted by molar-refractivity contribution is 5.68. The number of aromatic amines is 1. The Hall–Kier alpha value is -1.73. The van der Waals surface area contributed by atoms with Crippen LogP contribution in [0.5, 0.6) is 0 Å². The second-order valence-corrected chi connectivity index (χ2v) is 4.23. The maximum atomic E-state index is 11.5. The number of hydrogen-bond donors (Lipinski definition) is 3. The topological polar surface area (TPSA) is 95.8 Å². The zero-order chi connectivity index (χ0) is 11.8. The number of fused-ring (bicyclic) bond motifs is 1. The van der Waals surface area contributed by atoms with Crippen LogP contribution < -0.4 is 10.9 Å². The number of imidazole rings is 1. The van der Waals surface area contributed by atoms with Gasteiger partial charge in [-0.2, -0.15) is 0 Å². The lowest BCUT2D eigenvalue weighted by molar-refractivity contribution is 0.253. The molecule has 7 nitrogen and oxygen atoms in total. The number of aromatic nitrogens is 4. The van der Waals surface area contributed by atoms with E-state index in [-0.39, 0.29) is 24.2 Å². The fourth-order valence-corrected chi connectivity index (χ4v) is 2.28. The molecule has 3 N–H and O–H groups in total. The normalized spacial score (nSPS) is 24.5. The Morgan fingerprint density at radius 3 is 3.18 bits per heavy atom. The Labute approximate surface area is 96.5 Å². The summed E-state index contributed by atoms with van der Waals surface area (Å²) in [6, 6.07) is 0.297. The molecule has 7 heteroatoms. The van der Waals surface area contributed by atoms with Gasteiger partial charge in [0, 0.05) is 12.6 Å². The molecule has 3 heterocycles. The fraction of sp³-hybridized carbons (Fsp3) is 0.500. The van der Waals surface area contributed by atoms with Crippen LogP contribution in [0.3, 0.4) is 0 Å². The predicted octanol–water partition coefficient (Wildman–Crippen LogP) is -0.985. The van der Waals surface area contributed by atoms with Crippen molar-refractivity contribution < 1.29 is 5.11 Å². The molecule has 0 bridgehead atoms. The van der Waals surface area contributed by atoms with Crippen molar-refractivity contribution in [1.29, 1.82) is 0 Å². The van der Waals surface area contributed by atoms with Gasteiger partial charge in [0.15, 0.2) is 11.2 Å². The third kappa shape index (κ3) is 1.63. The number of hydrogen-bond acceptors (Lipinski definition) is 5. The van der Waals surface area contributed by atoms with Crippen LogP contribution in [0.15, 0.2) is 17.4 Å². The van der Waals surface area contributed by atoms with Gasteiger partial charge in [0.05, 0.1) is 25.3 Å². The third-order valence-electron chi connectivity index (χ3n) is 3.18. The Kier molecular flexibility index (Phi) is 2.41. The van der Waals surface area contributed by atoms with Gasteiger partial charge in [0.1, 0.15) is 0 Å². The van der Waals surface area contributed by atoms with Crippen molar-refractivity contribution in [2.45, 2.75) is 18.5 Å². The van der Waals surface area contributed by atoms with Gasteiger partial charge < -0.3 is 20.0 Å². The maximum Gasteiger partial charge on any atom is 0.278 e. The van der Waals surface area contributed by atoms with Gasteiger partial charge in [-0.25, -0.2) is 9.97 Å². The molecule has 0 aliphatic carbocycles. The number of rotatable bonds is 2. The first-order valence-corrected chi connectivity index (χ1v) is 5.54. The van der Waals surface area contributed by atoms with Crippen molar-refractivity contribution in [2.75, 3.05) is 13.2 Å². The molecule has 0 spiro atoms. The summed E-state index contributed by atoms with van der Waals surface area (Å²) in [6.45, 7) is 0.877. The van der Waals surface area contributed by atoms with Crippen LogP contribution in [0.25, 0.3) is 11.2 Å². The van der Waals surface area contributed by atoms with Crippen molar-refractivity contribution in [3.05, 3.63) is 23.0 Å². The third-order valence-corrected chi connectivity index (χ3v) is 3.18. The van der Waals surface area contributed by atoms with Crippen LogP contribution in [-0.4, -0.2) is 43.8 Å². The molecule has 0 aromatic carbocycles. The minimum Gasteiger partial charge on any atom is -0.395 e. The SMILES string of the molecule is O=c1[nH]cnc2c1ncn2C1CNC(CO)C1.